The fraction of sp³-hybridized carbons (Fsp3) is 0.375. The van der Waals surface area contributed by atoms with Gasteiger partial charge >= 0.3 is 5.97 Å². The normalized spacial score (nSPS) is 12.0. The molecular formula is C32H37FN4O5S4. The number of methoxy groups -OCH3 is 1. The number of thiazole rings is 4. The van der Waals surface area contributed by atoms with Crippen molar-refractivity contribution in [2.75, 3.05) is 20.3 Å². The van der Waals surface area contributed by atoms with Gasteiger partial charge in [-0.05, 0) is 48.8 Å². The Bertz CT molecular complexity index is 1650. The van der Waals surface area contributed by atoms with Gasteiger partial charge in [0.25, 0.3) is 0 Å². The summed E-state index contributed by atoms with van der Waals surface area (Å²) in [5.74, 6) is -0.628. The van der Waals surface area contributed by atoms with E-state index in [2.05, 4.69) is 19.9 Å². The maximum Gasteiger partial charge on any atom is 0.357 e. The van der Waals surface area contributed by atoms with Crippen LogP contribution >= 0.6 is 45.3 Å². The molecule has 0 aliphatic carbocycles. The van der Waals surface area contributed by atoms with Gasteiger partial charge in [-0.25, -0.2) is 29.1 Å². The summed E-state index contributed by atoms with van der Waals surface area (Å²) >= 11 is 5.86. The van der Waals surface area contributed by atoms with Crippen LogP contribution in [0.1, 0.15) is 64.0 Å². The van der Waals surface area contributed by atoms with Gasteiger partial charge < -0.3 is 14.9 Å². The molecule has 2 atom stereocenters. The molecule has 4 heterocycles. The average molecular weight is 705 g/mol. The van der Waals surface area contributed by atoms with Crippen LogP contribution in [0.4, 0.5) is 4.39 Å². The summed E-state index contributed by atoms with van der Waals surface area (Å²) in [6.07, 6.45) is 5.48. The molecule has 4 aromatic heterocycles. The third-order valence-electron chi connectivity index (χ3n) is 6.51. The number of aromatic nitrogens is 4. The van der Waals surface area contributed by atoms with Crippen LogP contribution in [0.3, 0.4) is 0 Å². The van der Waals surface area contributed by atoms with E-state index in [9.17, 15) is 19.1 Å². The van der Waals surface area contributed by atoms with Crippen LogP contribution in [0.5, 0.6) is 0 Å². The number of halogens is 1. The van der Waals surface area contributed by atoms with Crippen LogP contribution in [-0.2, 0) is 24.0 Å². The minimum atomic E-state index is -0.445. The number of ketones is 1. The minimum absolute atomic E-state index is 0. The van der Waals surface area contributed by atoms with Crippen molar-refractivity contribution in [2.24, 2.45) is 11.8 Å². The number of ether oxygens (including phenoxy) is 1. The highest BCUT2D eigenvalue weighted by atomic mass is 32.1. The molecule has 14 heteroatoms. The molecule has 0 aliphatic rings. The number of aliphatic hydroxyl groups is 2. The first-order chi connectivity index (χ1) is 21.7. The molecule has 0 spiro atoms. The number of rotatable bonds is 13. The molecule has 0 amide bonds. The van der Waals surface area contributed by atoms with E-state index < -0.39 is 5.97 Å². The lowest BCUT2D eigenvalue weighted by molar-refractivity contribution is 0.0593. The number of aliphatic hydroxyl groups excluding tert-OH is 2. The number of hydrogen-bond acceptors (Lipinski definition) is 13. The second kappa shape index (κ2) is 18.2. The summed E-state index contributed by atoms with van der Waals surface area (Å²) in [5.41, 5.74) is 1.72. The van der Waals surface area contributed by atoms with Crippen molar-refractivity contribution in [3.8, 4) is 20.0 Å². The van der Waals surface area contributed by atoms with Crippen LogP contribution in [0, 0.1) is 17.7 Å². The number of nitrogens with zero attached hydrogens (tertiary/aromatic N) is 4. The maximum absolute atomic E-state index is 13.0. The van der Waals surface area contributed by atoms with Crippen molar-refractivity contribution in [3.05, 3.63) is 79.9 Å². The lowest BCUT2D eigenvalue weighted by Gasteiger charge is -2.07. The summed E-state index contributed by atoms with van der Waals surface area (Å²) in [5, 5.41) is 25.3. The van der Waals surface area contributed by atoms with Crippen LogP contribution in [0.2, 0.25) is 0 Å². The molecule has 2 unspecified atom stereocenters. The summed E-state index contributed by atoms with van der Waals surface area (Å²) in [6, 6.07) is 6.19. The number of hydrogen-bond donors (Lipinski definition) is 2. The van der Waals surface area contributed by atoms with Crippen LogP contribution in [0.25, 0.3) is 20.0 Å². The fourth-order valence-corrected chi connectivity index (χ4v) is 7.90. The Labute approximate surface area is 283 Å². The Morgan fingerprint density at radius 2 is 1.33 bits per heavy atom. The predicted molar refractivity (Wildman–Crippen MR) is 183 cm³/mol. The molecule has 0 aliphatic heterocycles. The Morgan fingerprint density at radius 3 is 1.78 bits per heavy atom. The van der Waals surface area contributed by atoms with Crippen molar-refractivity contribution in [1.29, 1.82) is 0 Å². The molecule has 1 aromatic carbocycles. The number of Topliss-reactive ketones (excluding diaryl/α,β-unsaturated/α-hetero) is 1. The quantitative estimate of drug-likeness (QED) is 0.0960. The topological polar surface area (TPSA) is 135 Å². The highest BCUT2D eigenvalue weighted by molar-refractivity contribution is 7.21. The van der Waals surface area contributed by atoms with Gasteiger partial charge in [0.05, 0.1) is 7.11 Å². The van der Waals surface area contributed by atoms with Crippen molar-refractivity contribution >= 4 is 57.1 Å². The zero-order valence-electron chi connectivity index (χ0n) is 24.9. The van der Waals surface area contributed by atoms with E-state index in [0.717, 1.165) is 35.3 Å². The zero-order chi connectivity index (χ0) is 32.3. The van der Waals surface area contributed by atoms with Crippen molar-refractivity contribution in [3.63, 3.8) is 0 Å². The van der Waals surface area contributed by atoms with Crippen molar-refractivity contribution < 1.29 is 28.9 Å². The predicted octanol–water partition coefficient (Wildman–Crippen LogP) is 7.25. The van der Waals surface area contributed by atoms with Gasteiger partial charge in [-0.15, -0.1) is 45.3 Å². The molecule has 246 valence electrons. The molecule has 9 nitrogen and oxygen atoms in total. The van der Waals surface area contributed by atoms with Gasteiger partial charge in [-0.3, -0.25) is 4.79 Å². The van der Waals surface area contributed by atoms with E-state index in [1.54, 1.807) is 24.5 Å². The zero-order valence-corrected chi connectivity index (χ0v) is 28.2. The maximum atomic E-state index is 13.0. The molecule has 0 saturated carbocycles. The Balaban J connectivity index is 0.000000257. The van der Waals surface area contributed by atoms with Crippen molar-refractivity contribution in [2.45, 2.75) is 47.0 Å². The molecule has 2 N–H and O–H groups in total. The standard InChI is InChI=1S/C19H19FN2O2S2.C12H14N2O3S2.CH4/c1-12(11-23)10-16-17(22-19(26-16)18-21-8-9-25-18)15(24)7-4-13-2-5-14(20)6-3-13;1-7(6-15)5-8-9(12(16)17-2)14-11(19-8)10-13-3-4-18-10;/h2-3,5-6,8-9,12,23H,4,7,10-11H2,1H3;3-4,7,15H,5-6H2,1-2H3;1H4. The minimum Gasteiger partial charge on any atom is -0.464 e. The first kappa shape index (κ1) is 37.2. The van der Waals surface area contributed by atoms with E-state index in [1.165, 1.54) is 64.6 Å². The number of esters is 1. The van der Waals surface area contributed by atoms with Crippen LogP contribution in [0.15, 0.2) is 47.4 Å². The first-order valence-corrected chi connectivity index (χ1v) is 17.5. The number of aryl methyl sites for hydroxylation is 1. The molecule has 5 aromatic rings. The molecule has 5 rings (SSSR count). The molecule has 0 saturated heterocycles. The van der Waals surface area contributed by atoms with Gasteiger partial charge in [0, 0.05) is 52.5 Å². The Hall–Kier alpha value is -3.27. The van der Waals surface area contributed by atoms with Crippen molar-refractivity contribution in [1.82, 2.24) is 19.9 Å². The largest absolute Gasteiger partial charge is 0.464 e. The summed E-state index contributed by atoms with van der Waals surface area (Å²) in [4.78, 5) is 43.5. The number of carbonyl (C=O) groups excluding carboxylic acids is 2. The highest BCUT2D eigenvalue weighted by Gasteiger charge is 2.23. The first-order valence-electron chi connectivity index (χ1n) is 14.1. The van der Waals surface area contributed by atoms with E-state index in [-0.39, 0.29) is 44.1 Å². The van der Waals surface area contributed by atoms with Gasteiger partial charge in [-0.2, -0.15) is 0 Å². The van der Waals surface area contributed by atoms with E-state index >= 15 is 0 Å². The van der Waals surface area contributed by atoms with E-state index in [4.69, 9.17) is 9.84 Å². The number of carbonyl (C=O) groups is 2. The third kappa shape index (κ3) is 10.1. The lowest BCUT2D eigenvalue weighted by Crippen LogP contribution is -2.09. The van der Waals surface area contributed by atoms with Crippen LogP contribution in [-0.4, -0.2) is 62.2 Å². The lowest BCUT2D eigenvalue weighted by atomic mass is 10.0. The van der Waals surface area contributed by atoms with Crippen LogP contribution < -0.4 is 0 Å². The van der Waals surface area contributed by atoms with Gasteiger partial charge in [-0.1, -0.05) is 33.4 Å². The third-order valence-corrected chi connectivity index (χ3v) is 10.5. The fourth-order valence-electron chi connectivity index (χ4n) is 4.08. The molecule has 46 heavy (non-hydrogen) atoms. The monoisotopic (exact) mass is 704 g/mol. The molecule has 0 bridgehead atoms. The smallest absolute Gasteiger partial charge is 0.357 e. The van der Waals surface area contributed by atoms with Gasteiger partial charge in [0.1, 0.15) is 11.5 Å². The Morgan fingerprint density at radius 1 is 0.826 bits per heavy atom. The second-order valence-corrected chi connectivity index (χ2v) is 14.2. The molecule has 0 fully saturated rings. The van der Waals surface area contributed by atoms with Gasteiger partial charge in [0.15, 0.2) is 31.5 Å². The Kier molecular flexibility index (Phi) is 14.7. The average Bonchev–Trinajstić information content (AvgIpc) is 3.87. The van der Waals surface area contributed by atoms with E-state index in [0.29, 0.717) is 37.1 Å². The summed E-state index contributed by atoms with van der Waals surface area (Å²) < 4.78 is 17.7. The summed E-state index contributed by atoms with van der Waals surface area (Å²) in [7, 11) is 1.34. The second-order valence-electron chi connectivity index (χ2n) is 10.3. The number of benzene rings is 1. The van der Waals surface area contributed by atoms with E-state index in [1.807, 2.05) is 24.6 Å². The summed E-state index contributed by atoms with van der Waals surface area (Å²) in [6.45, 7) is 4.00. The highest BCUT2D eigenvalue weighted by Crippen LogP contribution is 2.33. The SMILES string of the molecule is C.CC(CO)Cc1sc(-c2nccs2)nc1C(=O)CCc1ccc(F)cc1.COC(=O)c1nc(-c2nccs2)sc1CC(C)CO. The molecular weight excluding hydrogens is 668 g/mol. The molecule has 0 radical (unpaired) electrons. The van der Waals surface area contributed by atoms with Gasteiger partial charge in [0.2, 0.25) is 0 Å².